The van der Waals surface area contributed by atoms with E-state index in [0.29, 0.717) is 5.56 Å². The van der Waals surface area contributed by atoms with E-state index in [1.807, 2.05) is 6.92 Å². The molecule has 0 fully saturated rings. The molecule has 0 aromatic heterocycles. The molecule has 6 heteroatoms. The minimum Gasteiger partial charge on any atom is -0.465 e. The Kier molecular flexibility index (Phi) is 5.31. The summed E-state index contributed by atoms with van der Waals surface area (Å²) in [5.41, 5.74) is 1.23. The van der Waals surface area contributed by atoms with Gasteiger partial charge in [0.05, 0.1) is 23.3 Å². The van der Waals surface area contributed by atoms with E-state index in [2.05, 4.69) is 15.7 Å². The van der Waals surface area contributed by atoms with Gasteiger partial charge in [-0.15, -0.1) is 0 Å². The number of sulfonamides is 1. The van der Waals surface area contributed by atoms with E-state index < -0.39 is 16.0 Å². The van der Waals surface area contributed by atoms with Crippen LogP contribution in [0.5, 0.6) is 0 Å². The van der Waals surface area contributed by atoms with Crippen molar-refractivity contribution in [3.05, 3.63) is 77.9 Å². The lowest BCUT2D eigenvalue weighted by Crippen LogP contribution is -2.16. The lowest BCUT2D eigenvalue weighted by atomic mass is 10.0. The van der Waals surface area contributed by atoms with Crippen LogP contribution in [0.25, 0.3) is 0 Å². The predicted octanol–water partition coefficient (Wildman–Crippen LogP) is 2.90. The van der Waals surface area contributed by atoms with Gasteiger partial charge in [0.15, 0.2) is 0 Å². The molecule has 0 saturated carbocycles. The number of methoxy groups -OCH3 is 1. The number of ether oxygens (including phenoxy) is 1. The molecule has 0 unspecified atom stereocenters. The van der Waals surface area contributed by atoms with E-state index >= 15 is 0 Å². The number of hydrogen-bond donors (Lipinski definition) is 0. The van der Waals surface area contributed by atoms with Gasteiger partial charge in [0, 0.05) is 5.56 Å². The van der Waals surface area contributed by atoms with Gasteiger partial charge in [0.2, 0.25) is 0 Å². The largest absolute Gasteiger partial charge is 0.465 e. The standard InChI is InChI=1S/C18H17NO4S/c1-13-9-11-16(12-10-13)24(21,22)19-17(14(2)18(20)23-3)15-7-5-4-6-8-15/h4-12H,2H2,1,3H3/b19-17+. The molecule has 2 rings (SSSR count). The van der Waals surface area contributed by atoms with Crippen molar-refractivity contribution in [2.24, 2.45) is 4.40 Å². The number of benzene rings is 2. The first kappa shape index (κ1) is 17.6. The summed E-state index contributed by atoms with van der Waals surface area (Å²) in [5, 5.41) is 0. The minimum absolute atomic E-state index is 0.0389. The fourth-order valence-electron chi connectivity index (χ4n) is 1.98. The topological polar surface area (TPSA) is 72.8 Å². The monoisotopic (exact) mass is 343 g/mol. The van der Waals surface area contributed by atoms with Crippen LogP contribution in [0.3, 0.4) is 0 Å². The van der Waals surface area contributed by atoms with E-state index in [-0.39, 0.29) is 16.2 Å². The van der Waals surface area contributed by atoms with Crippen molar-refractivity contribution >= 4 is 21.7 Å². The molecule has 5 nitrogen and oxygen atoms in total. The molecule has 0 atom stereocenters. The molecule has 0 heterocycles. The van der Waals surface area contributed by atoms with Crippen molar-refractivity contribution in [2.45, 2.75) is 11.8 Å². The van der Waals surface area contributed by atoms with Crippen LogP contribution in [-0.2, 0) is 19.6 Å². The molecule has 0 radical (unpaired) electrons. The smallest absolute Gasteiger partial charge is 0.339 e. The van der Waals surface area contributed by atoms with Crippen LogP contribution in [0.1, 0.15) is 11.1 Å². The molecule has 0 aliphatic carbocycles. The second-order valence-corrected chi connectivity index (χ2v) is 6.67. The molecule has 0 aliphatic rings. The van der Waals surface area contributed by atoms with Crippen molar-refractivity contribution in [3.63, 3.8) is 0 Å². The number of carbonyl (C=O) groups is 1. The highest BCUT2D eigenvalue weighted by atomic mass is 32.2. The van der Waals surface area contributed by atoms with E-state index in [4.69, 9.17) is 0 Å². The summed E-state index contributed by atoms with van der Waals surface area (Å²) < 4.78 is 33.6. The fourth-order valence-corrected chi connectivity index (χ4v) is 3.02. The Bertz CT molecular complexity index is 882. The van der Waals surface area contributed by atoms with E-state index in [1.54, 1.807) is 42.5 Å². The third kappa shape index (κ3) is 3.97. The summed E-state index contributed by atoms with van der Waals surface area (Å²) in [4.78, 5) is 11.8. The van der Waals surface area contributed by atoms with Crippen LogP contribution in [0, 0.1) is 6.92 Å². The lowest BCUT2D eigenvalue weighted by molar-refractivity contribution is -0.135. The van der Waals surface area contributed by atoms with Gasteiger partial charge >= 0.3 is 5.97 Å². The third-order valence-corrected chi connectivity index (χ3v) is 4.59. The van der Waals surface area contributed by atoms with Crippen LogP contribution in [0.4, 0.5) is 0 Å². The van der Waals surface area contributed by atoms with Gasteiger partial charge in [-0.2, -0.15) is 12.8 Å². The number of aryl methyl sites for hydroxylation is 1. The van der Waals surface area contributed by atoms with Crippen molar-refractivity contribution in [1.29, 1.82) is 0 Å². The highest BCUT2D eigenvalue weighted by molar-refractivity contribution is 7.90. The summed E-state index contributed by atoms with van der Waals surface area (Å²) in [6, 6.07) is 14.8. The Morgan fingerprint density at radius 3 is 2.17 bits per heavy atom. The Morgan fingerprint density at radius 1 is 1.04 bits per heavy atom. The molecule has 2 aromatic carbocycles. The zero-order chi connectivity index (χ0) is 17.7. The maximum Gasteiger partial charge on any atom is 0.339 e. The molecule has 0 saturated heterocycles. The summed E-state index contributed by atoms with van der Waals surface area (Å²) in [7, 11) is -2.79. The molecule has 0 amide bonds. The van der Waals surface area contributed by atoms with E-state index in [0.717, 1.165) is 5.56 Å². The van der Waals surface area contributed by atoms with Crippen LogP contribution in [0.2, 0.25) is 0 Å². The van der Waals surface area contributed by atoms with Crippen molar-refractivity contribution in [3.8, 4) is 0 Å². The van der Waals surface area contributed by atoms with Crippen molar-refractivity contribution < 1.29 is 17.9 Å². The second-order valence-electron chi connectivity index (χ2n) is 5.06. The maximum absolute atomic E-state index is 12.6. The first-order chi connectivity index (χ1) is 11.3. The number of nitrogens with zero attached hydrogens (tertiary/aromatic N) is 1. The van der Waals surface area contributed by atoms with Gasteiger partial charge in [-0.1, -0.05) is 54.6 Å². The minimum atomic E-state index is -3.99. The average molecular weight is 343 g/mol. The highest BCUT2D eigenvalue weighted by Crippen LogP contribution is 2.18. The Hall–Kier alpha value is -2.73. The Morgan fingerprint density at radius 2 is 1.62 bits per heavy atom. The van der Waals surface area contributed by atoms with Gasteiger partial charge in [0.1, 0.15) is 0 Å². The number of carbonyl (C=O) groups excluding carboxylic acids is 1. The van der Waals surface area contributed by atoms with Gasteiger partial charge in [0.25, 0.3) is 10.0 Å². The van der Waals surface area contributed by atoms with Gasteiger partial charge in [-0.05, 0) is 19.1 Å². The number of rotatable bonds is 5. The van der Waals surface area contributed by atoms with Gasteiger partial charge in [-0.3, -0.25) is 0 Å². The zero-order valence-corrected chi connectivity index (χ0v) is 14.2. The molecule has 124 valence electrons. The Balaban J connectivity index is 2.58. The maximum atomic E-state index is 12.6. The number of esters is 1. The summed E-state index contributed by atoms with van der Waals surface area (Å²) in [6.07, 6.45) is 0. The molecular formula is C18H17NO4S. The van der Waals surface area contributed by atoms with Crippen molar-refractivity contribution in [1.82, 2.24) is 0 Å². The summed E-state index contributed by atoms with van der Waals surface area (Å²) in [5.74, 6) is -0.739. The molecule has 0 spiro atoms. The SMILES string of the molecule is C=C(C(=O)OC)/C(=N\S(=O)(=O)c1ccc(C)cc1)c1ccccc1. The quantitative estimate of drug-likeness (QED) is 0.475. The molecular weight excluding hydrogens is 326 g/mol. The summed E-state index contributed by atoms with van der Waals surface area (Å²) >= 11 is 0. The van der Waals surface area contributed by atoms with Gasteiger partial charge < -0.3 is 4.74 Å². The van der Waals surface area contributed by atoms with Crippen LogP contribution < -0.4 is 0 Å². The van der Waals surface area contributed by atoms with Crippen LogP contribution in [-0.4, -0.2) is 27.2 Å². The Labute approximate surface area is 141 Å². The first-order valence-corrected chi connectivity index (χ1v) is 8.54. The summed E-state index contributed by atoms with van der Waals surface area (Å²) in [6.45, 7) is 5.48. The zero-order valence-electron chi connectivity index (χ0n) is 13.4. The molecule has 2 aromatic rings. The molecule has 0 bridgehead atoms. The molecule has 24 heavy (non-hydrogen) atoms. The molecule has 0 aliphatic heterocycles. The second kappa shape index (κ2) is 7.23. The third-order valence-electron chi connectivity index (χ3n) is 3.30. The normalized spacial score (nSPS) is 11.8. The lowest BCUT2D eigenvalue weighted by Gasteiger charge is -2.09. The van der Waals surface area contributed by atoms with Gasteiger partial charge in [-0.25, -0.2) is 4.79 Å². The van der Waals surface area contributed by atoms with E-state index in [1.165, 1.54) is 19.2 Å². The first-order valence-electron chi connectivity index (χ1n) is 7.10. The average Bonchev–Trinajstić information content (AvgIpc) is 2.59. The van der Waals surface area contributed by atoms with E-state index in [9.17, 15) is 13.2 Å². The van der Waals surface area contributed by atoms with Crippen molar-refractivity contribution in [2.75, 3.05) is 7.11 Å². The fraction of sp³-hybridized carbons (Fsp3) is 0.111. The predicted molar refractivity (Wildman–Crippen MR) is 92.5 cm³/mol. The number of hydrogen-bond acceptors (Lipinski definition) is 4. The van der Waals surface area contributed by atoms with Crippen LogP contribution in [0.15, 0.2) is 76.0 Å². The molecule has 0 N–H and O–H groups in total. The van der Waals surface area contributed by atoms with Crippen LogP contribution >= 0.6 is 0 Å². The highest BCUT2D eigenvalue weighted by Gasteiger charge is 2.21.